The van der Waals surface area contributed by atoms with Crippen LogP contribution in [0.4, 0.5) is 0 Å². The lowest BCUT2D eigenvalue weighted by Crippen LogP contribution is -2.30. The first kappa shape index (κ1) is 29.4. The zero-order valence-electron chi connectivity index (χ0n) is 20.6. The molecule has 2 unspecified atom stereocenters. The van der Waals surface area contributed by atoms with E-state index in [4.69, 9.17) is 9.84 Å². The van der Waals surface area contributed by atoms with E-state index in [-0.39, 0.29) is 18.5 Å². The maximum absolute atomic E-state index is 12.6. The highest BCUT2D eigenvalue weighted by Crippen LogP contribution is 2.21. The standard InChI is InChI=1S/C26H53NO3/c1-4-7-9-11-15-23-30-26(29)24(18-12-10-8-5-2)19-13-14-20-25(17-6-3)27-21-16-22-28/h24-25,27-28H,4-23H2,1-3H3. The van der Waals surface area contributed by atoms with E-state index in [9.17, 15) is 4.79 Å². The van der Waals surface area contributed by atoms with Gasteiger partial charge in [0.25, 0.3) is 0 Å². The van der Waals surface area contributed by atoms with Crippen molar-refractivity contribution in [2.45, 2.75) is 136 Å². The van der Waals surface area contributed by atoms with Gasteiger partial charge in [0.1, 0.15) is 0 Å². The van der Waals surface area contributed by atoms with Crippen molar-refractivity contribution in [2.75, 3.05) is 19.8 Å². The van der Waals surface area contributed by atoms with Crippen molar-refractivity contribution in [3.8, 4) is 0 Å². The van der Waals surface area contributed by atoms with Crippen molar-refractivity contribution in [3.05, 3.63) is 0 Å². The Morgan fingerprint density at radius 3 is 1.97 bits per heavy atom. The fraction of sp³-hybridized carbons (Fsp3) is 0.962. The smallest absolute Gasteiger partial charge is 0.308 e. The lowest BCUT2D eigenvalue weighted by Gasteiger charge is -2.19. The van der Waals surface area contributed by atoms with Crippen LogP contribution in [-0.2, 0) is 9.53 Å². The second-order valence-corrected chi connectivity index (χ2v) is 8.93. The van der Waals surface area contributed by atoms with Crippen LogP contribution in [0, 0.1) is 5.92 Å². The van der Waals surface area contributed by atoms with Crippen molar-refractivity contribution in [1.82, 2.24) is 5.32 Å². The predicted molar refractivity (Wildman–Crippen MR) is 129 cm³/mol. The van der Waals surface area contributed by atoms with Crippen LogP contribution < -0.4 is 5.32 Å². The molecule has 180 valence electrons. The summed E-state index contributed by atoms with van der Waals surface area (Å²) in [6, 6.07) is 0.541. The number of hydrogen-bond donors (Lipinski definition) is 2. The monoisotopic (exact) mass is 427 g/mol. The second-order valence-electron chi connectivity index (χ2n) is 8.93. The van der Waals surface area contributed by atoms with Crippen molar-refractivity contribution >= 4 is 5.97 Å². The highest BCUT2D eigenvalue weighted by molar-refractivity contribution is 5.72. The molecule has 0 saturated heterocycles. The highest BCUT2D eigenvalue weighted by atomic mass is 16.5. The third kappa shape index (κ3) is 18.2. The molecule has 0 aromatic heterocycles. The van der Waals surface area contributed by atoms with Crippen LogP contribution in [0.2, 0.25) is 0 Å². The highest BCUT2D eigenvalue weighted by Gasteiger charge is 2.19. The van der Waals surface area contributed by atoms with E-state index in [1.807, 2.05) is 0 Å². The Balaban J connectivity index is 4.25. The molecule has 0 bridgehead atoms. The van der Waals surface area contributed by atoms with Gasteiger partial charge in [-0.05, 0) is 45.1 Å². The summed E-state index contributed by atoms with van der Waals surface area (Å²) in [6.45, 7) is 8.43. The minimum atomic E-state index is 0.0492. The van der Waals surface area contributed by atoms with Gasteiger partial charge in [-0.3, -0.25) is 4.79 Å². The minimum absolute atomic E-state index is 0.0492. The number of hydrogen-bond acceptors (Lipinski definition) is 4. The van der Waals surface area contributed by atoms with Crippen LogP contribution in [-0.4, -0.2) is 36.9 Å². The third-order valence-corrected chi connectivity index (χ3v) is 5.99. The zero-order valence-corrected chi connectivity index (χ0v) is 20.6. The predicted octanol–water partition coefficient (Wildman–Crippen LogP) is 6.79. The van der Waals surface area contributed by atoms with Gasteiger partial charge in [-0.2, -0.15) is 0 Å². The molecular weight excluding hydrogens is 374 g/mol. The molecule has 4 nitrogen and oxygen atoms in total. The van der Waals surface area contributed by atoms with Gasteiger partial charge in [-0.25, -0.2) is 0 Å². The summed E-state index contributed by atoms with van der Waals surface area (Å²) in [4.78, 5) is 12.6. The number of ether oxygens (including phenoxy) is 1. The minimum Gasteiger partial charge on any atom is -0.465 e. The first-order valence-corrected chi connectivity index (χ1v) is 13.2. The summed E-state index contributed by atoms with van der Waals surface area (Å²) >= 11 is 0. The number of carbonyl (C=O) groups is 1. The zero-order chi connectivity index (χ0) is 22.3. The third-order valence-electron chi connectivity index (χ3n) is 5.99. The van der Waals surface area contributed by atoms with Gasteiger partial charge in [0, 0.05) is 12.6 Å². The SMILES string of the molecule is CCCCCCCOC(=O)C(CCCCCC)CCCCC(CCC)NCCCO. The molecule has 0 aliphatic carbocycles. The summed E-state index contributed by atoms with van der Waals surface area (Å²) in [7, 11) is 0. The molecule has 0 aromatic carbocycles. The Labute approximate surface area is 187 Å². The number of aliphatic hydroxyl groups excluding tert-OH is 1. The molecule has 0 rings (SSSR count). The van der Waals surface area contributed by atoms with Crippen LogP contribution in [0.3, 0.4) is 0 Å². The molecule has 0 aliphatic heterocycles. The Bertz CT molecular complexity index is 362. The van der Waals surface area contributed by atoms with Gasteiger partial charge < -0.3 is 15.2 Å². The summed E-state index contributed by atoms with van der Waals surface area (Å²) in [5, 5.41) is 12.6. The van der Waals surface area contributed by atoms with Crippen molar-refractivity contribution < 1.29 is 14.6 Å². The largest absolute Gasteiger partial charge is 0.465 e. The quantitative estimate of drug-likeness (QED) is 0.139. The number of carbonyl (C=O) groups excluding carboxylic acids is 1. The van der Waals surface area contributed by atoms with E-state index in [2.05, 4.69) is 26.1 Å². The van der Waals surface area contributed by atoms with Crippen LogP contribution in [0.1, 0.15) is 130 Å². The van der Waals surface area contributed by atoms with Crippen molar-refractivity contribution in [2.24, 2.45) is 5.92 Å². The van der Waals surface area contributed by atoms with E-state index in [1.165, 1.54) is 57.8 Å². The summed E-state index contributed by atoms with van der Waals surface area (Å²) < 4.78 is 5.65. The van der Waals surface area contributed by atoms with Gasteiger partial charge in [-0.1, -0.05) is 91.4 Å². The summed E-state index contributed by atoms with van der Waals surface area (Å²) in [5.41, 5.74) is 0. The molecule has 0 heterocycles. The van der Waals surface area contributed by atoms with Crippen LogP contribution >= 0.6 is 0 Å². The average Bonchev–Trinajstić information content (AvgIpc) is 2.74. The second kappa shape index (κ2) is 23.1. The van der Waals surface area contributed by atoms with E-state index >= 15 is 0 Å². The van der Waals surface area contributed by atoms with Crippen LogP contribution in [0.15, 0.2) is 0 Å². The number of esters is 1. The molecule has 0 saturated carbocycles. The van der Waals surface area contributed by atoms with Gasteiger partial charge in [0.2, 0.25) is 0 Å². The maximum atomic E-state index is 12.6. The van der Waals surface area contributed by atoms with Crippen molar-refractivity contribution in [3.63, 3.8) is 0 Å². The number of nitrogens with one attached hydrogen (secondary N) is 1. The lowest BCUT2D eigenvalue weighted by atomic mass is 9.93. The van der Waals surface area contributed by atoms with Gasteiger partial charge >= 0.3 is 5.97 Å². The molecule has 0 fully saturated rings. The maximum Gasteiger partial charge on any atom is 0.308 e. The lowest BCUT2D eigenvalue weighted by molar-refractivity contribution is -0.149. The number of rotatable bonds is 23. The first-order chi connectivity index (χ1) is 14.7. The molecule has 2 N–H and O–H groups in total. The van der Waals surface area contributed by atoms with E-state index in [1.54, 1.807) is 0 Å². The normalized spacial score (nSPS) is 13.3. The molecule has 4 heteroatoms. The van der Waals surface area contributed by atoms with Gasteiger partial charge in [0.05, 0.1) is 12.5 Å². The molecule has 0 aliphatic rings. The van der Waals surface area contributed by atoms with E-state index < -0.39 is 0 Å². The number of aliphatic hydroxyl groups is 1. The Morgan fingerprint density at radius 2 is 1.33 bits per heavy atom. The van der Waals surface area contributed by atoms with Gasteiger partial charge in [0.15, 0.2) is 0 Å². The molecular formula is C26H53NO3. The molecule has 0 spiro atoms. The van der Waals surface area contributed by atoms with Crippen molar-refractivity contribution in [1.29, 1.82) is 0 Å². The Kier molecular flexibility index (Phi) is 22.6. The molecule has 0 radical (unpaired) electrons. The van der Waals surface area contributed by atoms with E-state index in [0.29, 0.717) is 12.6 Å². The van der Waals surface area contributed by atoms with Crippen LogP contribution in [0.25, 0.3) is 0 Å². The molecule has 2 atom stereocenters. The van der Waals surface area contributed by atoms with Crippen LogP contribution in [0.5, 0.6) is 0 Å². The fourth-order valence-electron chi connectivity index (χ4n) is 4.06. The molecule has 30 heavy (non-hydrogen) atoms. The summed E-state index contributed by atoms with van der Waals surface area (Å²) in [6.07, 6.45) is 19.4. The topological polar surface area (TPSA) is 58.6 Å². The summed E-state index contributed by atoms with van der Waals surface area (Å²) in [5.74, 6) is 0.137. The first-order valence-electron chi connectivity index (χ1n) is 13.2. The van der Waals surface area contributed by atoms with E-state index in [0.717, 1.165) is 57.9 Å². The molecule has 0 aromatic rings. The molecule has 0 amide bonds. The Hall–Kier alpha value is -0.610. The average molecular weight is 428 g/mol. The fourth-order valence-corrected chi connectivity index (χ4v) is 4.06. The Morgan fingerprint density at radius 1 is 0.733 bits per heavy atom. The van der Waals surface area contributed by atoms with Gasteiger partial charge in [-0.15, -0.1) is 0 Å². The number of unbranched alkanes of at least 4 members (excludes halogenated alkanes) is 8.